The Morgan fingerprint density at radius 2 is 1.71 bits per heavy atom. The monoisotopic (exact) mass is 460 g/mol. The van der Waals surface area contributed by atoms with Gasteiger partial charge in [-0.3, -0.25) is 9.59 Å². The number of benzene rings is 2. The molecule has 0 N–H and O–H groups in total. The van der Waals surface area contributed by atoms with Gasteiger partial charge in [0.25, 0.3) is 0 Å². The predicted octanol–water partition coefficient (Wildman–Crippen LogP) is 3.99. The molecule has 0 unspecified atom stereocenters. The van der Waals surface area contributed by atoms with Crippen LogP contribution in [0.1, 0.15) is 44.9 Å². The molecule has 174 valence electrons. The normalized spacial score (nSPS) is 14.5. The Morgan fingerprint density at radius 1 is 0.971 bits per heavy atom. The van der Waals surface area contributed by atoms with Gasteiger partial charge in [-0.25, -0.2) is 4.79 Å². The van der Waals surface area contributed by atoms with Gasteiger partial charge in [0.2, 0.25) is 18.5 Å². The lowest BCUT2D eigenvalue weighted by molar-refractivity contribution is -0.117. The van der Waals surface area contributed by atoms with E-state index in [9.17, 15) is 14.4 Å². The predicted molar refractivity (Wildman–Crippen MR) is 124 cm³/mol. The highest BCUT2D eigenvalue weighted by molar-refractivity contribution is 6.01. The van der Waals surface area contributed by atoms with Crippen LogP contribution >= 0.6 is 0 Å². The molecular weight excluding hydrogens is 436 g/mol. The SMILES string of the molecule is Cc1cc(C(=O)COC(=O)c2ccc(N3CCCC3=O)cc2)c(C)n1-c1ccc2c(c1)OCO2. The Labute approximate surface area is 196 Å². The molecule has 1 amide bonds. The van der Waals surface area contributed by atoms with Gasteiger partial charge < -0.3 is 23.7 Å². The van der Waals surface area contributed by atoms with E-state index in [1.165, 1.54) is 0 Å². The number of aryl methyl sites for hydroxylation is 1. The summed E-state index contributed by atoms with van der Waals surface area (Å²) >= 11 is 0. The average Bonchev–Trinajstić information content (AvgIpc) is 3.55. The summed E-state index contributed by atoms with van der Waals surface area (Å²) in [5.41, 5.74) is 4.05. The van der Waals surface area contributed by atoms with E-state index in [4.69, 9.17) is 14.2 Å². The number of ketones is 1. The number of carbonyl (C=O) groups is 3. The minimum Gasteiger partial charge on any atom is -0.454 e. The summed E-state index contributed by atoms with van der Waals surface area (Å²) in [5.74, 6) is 0.561. The van der Waals surface area contributed by atoms with E-state index in [1.54, 1.807) is 35.2 Å². The second-order valence-corrected chi connectivity index (χ2v) is 8.35. The van der Waals surface area contributed by atoms with Crippen LogP contribution in [-0.2, 0) is 9.53 Å². The van der Waals surface area contributed by atoms with E-state index >= 15 is 0 Å². The summed E-state index contributed by atoms with van der Waals surface area (Å²) in [6, 6.07) is 14.1. The number of anilines is 1. The molecule has 1 aromatic heterocycles. The molecule has 0 atom stereocenters. The highest BCUT2D eigenvalue weighted by Gasteiger charge is 2.23. The number of aromatic nitrogens is 1. The molecule has 0 spiro atoms. The maximum atomic E-state index is 12.9. The Kier molecular flexibility index (Phi) is 5.57. The van der Waals surface area contributed by atoms with E-state index in [0.717, 1.165) is 29.2 Å². The standard InChI is InChI=1S/C26H24N2O6/c1-16-12-21(17(2)28(16)20-9-10-23-24(13-20)34-15-33-23)22(29)14-32-26(31)18-5-7-19(8-6-18)27-11-3-4-25(27)30/h5-10,12-13H,3-4,11,14-15H2,1-2H3. The van der Waals surface area contributed by atoms with Crippen molar-refractivity contribution in [2.45, 2.75) is 26.7 Å². The fourth-order valence-corrected chi connectivity index (χ4v) is 4.46. The van der Waals surface area contributed by atoms with Crippen molar-refractivity contribution in [3.05, 3.63) is 71.0 Å². The molecular formula is C26H24N2O6. The van der Waals surface area contributed by atoms with Gasteiger partial charge in [0, 0.05) is 47.4 Å². The number of nitrogens with zero attached hydrogens (tertiary/aromatic N) is 2. The molecule has 5 rings (SSSR count). The number of ether oxygens (including phenoxy) is 3. The smallest absolute Gasteiger partial charge is 0.338 e. The lowest BCUT2D eigenvalue weighted by Gasteiger charge is -2.15. The third-order valence-corrected chi connectivity index (χ3v) is 6.17. The summed E-state index contributed by atoms with van der Waals surface area (Å²) in [6.45, 7) is 4.27. The summed E-state index contributed by atoms with van der Waals surface area (Å²) in [5, 5.41) is 0. The second-order valence-electron chi connectivity index (χ2n) is 8.35. The quantitative estimate of drug-likeness (QED) is 0.408. The molecule has 1 saturated heterocycles. The van der Waals surface area contributed by atoms with Crippen molar-refractivity contribution >= 4 is 23.3 Å². The van der Waals surface area contributed by atoms with Gasteiger partial charge in [-0.15, -0.1) is 0 Å². The van der Waals surface area contributed by atoms with Gasteiger partial charge >= 0.3 is 5.97 Å². The van der Waals surface area contributed by atoms with Gasteiger partial charge in [0.1, 0.15) is 0 Å². The molecule has 0 radical (unpaired) electrons. The summed E-state index contributed by atoms with van der Waals surface area (Å²) in [6.07, 6.45) is 1.38. The number of carbonyl (C=O) groups excluding carboxylic acids is 3. The third-order valence-electron chi connectivity index (χ3n) is 6.17. The van der Waals surface area contributed by atoms with Crippen molar-refractivity contribution in [2.75, 3.05) is 24.8 Å². The fraction of sp³-hybridized carbons (Fsp3) is 0.269. The van der Waals surface area contributed by atoms with Crippen molar-refractivity contribution in [2.24, 2.45) is 0 Å². The summed E-state index contributed by atoms with van der Waals surface area (Å²) in [4.78, 5) is 38.9. The first-order chi connectivity index (χ1) is 16.4. The lowest BCUT2D eigenvalue weighted by atomic mass is 10.1. The van der Waals surface area contributed by atoms with Crippen LogP contribution in [0.2, 0.25) is 0 Å². The van der Waals surface area contributed by atoms with Crippen LogP contribution in [0.4, 0.5) is 5.69 Å². The summed E-state index contributed by atoms with van der Waals surface area (Å²) in [7, 11) is 0. The maximum Gasteiger partial charge on any atom is 0.338 e. The average molecular weight is 460 g/mol. The largest absolute Gasteiger partial charge is 0.454 e. The van der Waals surface area contributed by atoms with Gasteiger partial charge in [-0.2, -0.15) is 0 Å². The molecule has 2 aliphatic heterocycles. The molecule has 2 aromatic carbocycles. The Hall–Kier alpha value is -4.07. The van der Waals surface area contributed by atoms with Crippen LogP contribution in [0.25, 0.3) is 5.69 Å². The number of rotatable bonds is 6. The van der Waals surface area contributed by atoms with Crippen LogP contribution in [-0.4, -0.2) is 42.2 Å². The topological polar surface area (TPSA) is 87.1 Å². The van der Waals surface area contributed by atoms with Crippen LogP contribution in [0, 0.1) is 13.8 Å². The zero-order valence-corrected chi connectivity index (χ0v) is 19.0. The third kappa shape index (κ3) is 3.91. The number of hydrogen-bond donors (Lipinski definition) is 0. The molecule has 0 aliphatic carbocycles. The minimum atomic E-state index is -0.586. The van der Waals surface area contributed by atoms with Crippen LogP contribution in [0.5, 0.6) is 11.5 Å². The molecule has 8 nitrogen and oxygen atoms in total. The van der Waals surface area contributed by atoms with Crippen LogP contribution < -0.4 is 14.4 Å². The Balaban J connectivity index is 1.26. The molecule has 1 fully saturated rings. The lowest BCUT2D eigenvalue weighted by Crippen LogP contribution is -2.23. The van der Waals surface area contributed by atoms with Crippen molar-refractivity contribution in [1.29, 1.82) is 0 Å². The van der Waals surface area contributed by atoms with E-state index in [-0.39, 0.29) is 25.1 Å². The van der Waals surface area contributed by atoms with Gasteiger partial charge in [-0.05, 0) is 62.7 Å². The maximum absolute atomic E-state index is 12.9. The number of amides is 1. The molecule has 0 bridgehead atoms. The molecule has 3 heterocycles. The van der Waals surface area contributed by atoms with Crippen molar-refractivity contribution in [3.8, 4) is 17.2 Å². The zero-order valence-electron chi connectivity index (χ0n) is 19.0. The second kappa shape index (κ2) is 8.70. The number of esters is 1. The molecule has 3 aromatic rings. The molecule has 34 heavy (non-hydrogen) atoms. The van der Waals surface area contributed by atoms with Gasteiger partial charge in [0.05, 0.1) is 5.56 Å². The zero-order chi connectivity index (χ0) is 23.8. The fourth-order valence-electron chi connectivity index (χ4n) is 4.46. The molecule has 2 aliphatic rings. The Morgan fingerprint density at radius 3 is 2.44 bits per heavy atom. The van der Waals surface area contributed by atoms with E-state index in [1.807, 2.05) is 36.6 Å². The van der Waals surface area contributed by atoms with E-state index < -0.39 is 5.97 Å². The highest BCUT2D eigenvalue weighted by atomic mass is 16.7. The van der Waals surface area contributed by atoms with Crippen LogP contribution in [0.3, 0.4) is 0 Å². The van der Waals surface area contributed by atoms with Crippen molar-refractivity contribution in [3.63, 3.8) is 0 Å². The van der Waals surface area contributed by atoms with Crippen molar-refractivity contribution < 1.29 is 28.6 Å². The summed E-state index contributed by atoms with van der Waals surface area (Å²) < 4.78 is 18.1. The molecule has 0 saturated carbocycles. The highest BCUT2D eigenvalue weighted by Crippen LogP contribution is 2.35. The van der Waals surface area contributed by atoms with Gasteiger partial charge in [-0.1, -0.05) is 0 Å². The van der Waals surface area contributed by atoms with E-state index in [0.29, 0.717) is 35.6 Å². The number of hydrogen-bond acceptors (Lipinski definition) is 6. The first kappa shape index (κ1) is 21.8. The first-order valence-electron chi connectivity index (χ1n) is 11.1. The first-order valence-corrected chi connectivity index (χ1v) is 11.1. The minimum absolute atomic E-state index is 0.0827. The number of fused-ring (bicyclic) bond motifs is 1. The van der Waals surface area contributed by atoms with Gasteiger partial charge in [0.15, 0.2) is 18.1 Å². The van der Waals surface area contributed by atoms with Crippen molar-refractivity contribution in [1.82, 2.24) is 4.57 Å². The Bertz CT molecular complexity index is 1290. The van der Waals surface area contributed by atoms with Crippen LogP contribution in [0.15, 0.2) is 48.5 Å². The van der Waals surface area contributed by atoms with E-state index in [2.05, 4.69) is 0 Å². The molecule has 8 heteroatoms. The number of Topliss-reactive ketones (excluding diaryl/α,β-unsaturated/α-hetero) is 1.